The van der Waals surface area contributed by atoms with Crippen molar-refractivity contribution >= 4 is 11.6 Å². The molecule has 1 saturated carbocycles. The van der Waals surface area contributed by atoms with Crippen molar-refractivity contribution < 1.29 is 4.79 Å². The lowest BCUT2D eigenvalue weighted by molar-refractivity contribution is -0.120. The minimum Gasteiger partial charge on any atom is -0.399 e. The molecule has 0 aliphatic heterocycles. The lowest BCUT2D eigenvalue weighted by Gasteiger charge is -2.05. The molecular formula is C14H20N2O. The monoisotopic (exact) mass is 232 g/mol. The number of amides is 1. The third-order valence-electron chi connectivity index (χ3n) is 3.27. The van der Waals surface area contributed by atoms with Gasteiger partial charge in [0.2, 0.25) is 5.91 Å². The first-order chi connectivity index (χ1) is 8.19. The van der Waals surface area contributed by atoms with Crippen LogP contribution in [0.3, 0.4) is 0 Å². The predicted molar refractivity (Wildman–Crippen MR) is 69.5 cm³/mol. The van der Waals surface area contributed by atoms with Crippen molar-refractivity contribution in [3.63, 3.8) is 0 Å². The summed E-state index contributed by atoms with van der Waals surface area (Å²) in [6.45, 7) is 2.19. The molecule has 3 nitrogen and oxygen atoms in total. The van der Waals surface area contributed by atoms with Crippen LogP contribution in [0.1, 0.15) is 31.7 Å². The average Bonchev–Trinajstić information content (AvgIpc) is 3.00. The maximum absolute atomic E-state index is 11.8. The molecule has 2 atom stereocenters. The number of rotatable bonds is 5. The van der Waals surface area contributed by atoms with Crippen LogP contribution in [0, 0.1) is 5.92 Å². The largest absolute Gasteiger partial charge is 0.399 e. The van der Waals surface area contributed by atoms with Crippen LogP contribution in [0.15, 0.2) is 24.3 Å². The van der Waals surface area contributed by atoms with Crippen LogP contribution in [0.25, 0.3) is 0 Å². The number of nitrogens with two attached hydrogens (primary N) is 1. The van der Waals surface area contributed by atoms with Gasteiger partial charge in [-0.1, -0.05) is 25.5 Å². The van der Waals surface area contributed by atoms with Crippen molar-refractivity contribution in [2.45, 2.75) is 38.6 Å². The van der Waals surface area contributed by atoms with E-state index in [2.05, 4.69) is 12.2 Å². The van der Waals surface area contributed by atoms with E-state index in [-0.39, 0.29) is 5.91 Å². The fourth-order valence-electron chi connectivity index (χ4n) is 2.19. The molecule has 1 amide bonds. The Bertz CT molecular complexity index is 386. The molecule has 1 aliphatic rings. The Morgan fingerprint density at radius 2 is 2.12 bits per heavy atom. The highest BCUT2D eigenvalue weighted by Crippen LogP contribution is 2.34. The van der Waals surface area contributed by atoms with E-state index in [0.29, 0.717) is 12.5 Å². The second-order valence-corrected chi connectivity index (χ2v) is 4.88. The molecule has 2 unspecified atom stereocenters. The molecule has 0 saturated heterocycles. The van der Waals surface area contributed by atoms with Crippen LogP contribution in [-0.2, 0) is 11.2 Å². The van der Waals surface area contributed by atoms with Gasteiger partial charge in [-0.25, -0.2) is 0 Å². The van der Waals surface area contributed by atoms with Crippen molar-refractivity contribution in [2.24, 2.45) is 5.92 Å². The molecule has 0 spiro atoms. The zero-order chi connectivity index (χ0) is 12.3. The summed E-state index contributed by atoms with van der Waals surface area (Å²) in [7, 11) is 0. The number of hydrogen-bond donors (Lipinski definition) is 2. The molecule has 1 aromatic carbocycles. The molecule has 1 fully saturated rings. The van der Waals surface area contributed by atoms with Gasteiger partial charge in [0.15, 0.2) is 0 Å². The predicted octanol–water partition coefficient (Wildman–Crippen LogP) is 2.12. The number of carbonyl (C=O) groups is 1. The van der Waals surface area contributed by atoms with Crippen molar-refractivity contribution in [2.75, 3.05) is 5.73 Å². The summed E-state index contributed by atoms with van der Waals surface area (Å²) in [6.07, 6.45) is 4.04. The van der Waals surface area contributed by atoms with E-state index in [1.54, 1.807) is 0 Å². The second kappa shape index (κ2) is 5.21. The fraction of sp³-hybridized carbons (Fsp3) is 0.500. The van der Waals surface area contributed by atoms with Gasteiger partial charge in [-0.05, 0) is 36.5 Å². The van der Waals surface area contributed by atoms with Gasteiger partial charge >= 0.3 is 0 Å². The van der Waals surface area contributed by atoms with Gasteiger partial charge in [-0.2, -0.15) is 0 Å². The zero-order valence-electron chi connectivity index (χ0n) is 10.3. The summed E-state index contributed by atoms with van der Waals surface area (Å²) in [4.78, 5) is 11.8. The molecule has 0 aromatic heterocycles. The van der Waals surface area contributed by atoms with Crippen molar-refractivity contribution in [1.82, 2.24) is 5.32 Å². The Labute approximate surface area is 102 Å². The first-order valence-electron chi connectivity index (χ1n) is 6.33. The lowest BCUT2D eigenvalue weighted by Crippen LogP contribution is -2.28. The summed E-state index contributed by atoms with van der Waals surface area (Å²) in [5.41, 5.74) is 7.35. The van der Waals surface area contributed by atoms with E-state index in [1.165, 1.54) is 12.8 Å². The molecule has 92 valence electrons. The zero-order valence-corrected chi connectivity index (χ0v) is 10.3. The Hall–Kier alpha value is -1.51. The van der Waals surface area contributed by atoms with Gasteiger partial charge in [0.25, 0.3) is 0 Å². The summed E-state index contributed by atoms with van der Waals surface area (Å²) in [5.74, 6) is 0.841. The normalized spacial score (nSPS) is 22.2. The van der Waals surface area contributed by atoms with E-state index >= 15 is 0 Å². The van der Waals surface area contributed by atoms with Crippen LogP contribution in [0.4, 0.5) is 5.69 Å². The maximum atomic E-state index is 11.8. The average molecular weight is 232 g/mol. The SMILES string of the molecule is CCCC1CC1NC(=O)Cc1ccc(N)cc1. The first-order valence-corrected chi connectivity index (χ1v) is 6.33. The van der Waals surface area contributed by atoms with Crippen LogP contribution in [0.5, 0.6) is 0 Å². The Morgan fingerprint density at radius 1 is 1.41 bits per heavy atom. The van der Waals surface area contributed by atoms with Gasteiger partial charge < -0.3 is 11.1 Å². The molecule has 0 heterocycles. The first kappa shape index (κ1) is 12.0. The molecule has 3 N–H and O–H groups in total. The molecule has 1 aliphatic carbocycles. The van der Waals surface area contributed by atoms with E-state index in [9.17, 15) is 4.79 Å². The van der Waals surface area contributed by atoms with E-state index < -0.39 is 0 Å². The lowest BCUT2D eigenvalue weighted by atomic mass is 10.1. The van der Waals surface area contributed by atoms with Gasteiger partial charge in [0.1, 0.15) is 0 Å². The summed E-state index contributed by atoms with van der Waals surface area (Å²) in [5, 5.41) is 3.08. The molecule has 3 heteroatoms. The minimum atomic E-state index is 0.123. The standard InChI is InChI=1S/C14H20N2O/c1-2-3-11-9-13(11)16-14(17)8-10-4-6-12(15)7-5-10/h4-7,11,13H,2-3,8-9,15H2,1H3,(H,16,17). The highest BCUT2D eigenvalue weighted by atomic mass is 16.1. The number of nitrogen functional groups attached to an aromatic ring is 1. The fourth-order valence-corrected chi connectivity index (χ4v) is 2.19. The minimum absolute atomic E-state index is 0.123. The maximum Gasteiger partial charge on any atom is 0.224 e. The summed E-state index contributed by atoms with van der Waals surface area (Å²) in [6, 6.07) is 7.91. The molecule has 1 aromatic rings. The van der Waals surface area contributed by atoms with E-state index in [1.807, 2.05) is 24.3 Å². The van der Waals surface area contributed by atoms with E-state index in [4.69, 9.17) is 5.73 Å². The highest BCUT2D eigenvalue weighted by Gasteiger charge is 2.36. The molecule has 17 heavy (non-hydrogen) atoms. The van der Waals surface area contributed by atoms with Crippen molar-refractivity contribution in [1.29, 1.82) is 0 Å². The number of hydrogen-bond acceptors (Lipinski definition) is 2. The Kier molecular flexibility index (Phi) is 3.67. The van der Waals surface area contributed by atoms with E-state index in [0.717, 1.165) is 23.6 Å². The number of nitrogens with one attached hydrogen (secondary N) is 1. The topological polar surface area (TPSA) is 55.1 Å². The van der Waals surface area contributed by atoms with Crippen LogP contribution < -0.4 is 11.1 Å². The van der Waals surface area contributed by atoms with Gasteiger partial charge in [-0.3, -0.25) is 4.79 Å². The molecule has 2 rings (SSSR count). The van der Waals surface area contributed by atoms with Gasteiger partial charge in [0.05, 0.1) is 6.42 Å². The Balaban J connectivity index is 1.76. The van der Waals surface area contributed by atoms with Crippen LogP contribution >= 0.6 is 0 Å². The second-order valence-electron chi connectivity index (χ2n) is 4.88. The number of benzene rings is 1. The summed E-state index contributed by atoms with van der Waals surface area (Å²) < 4.78 is 0. The highest BCUT2D eigenvalue weighted by molar-refractivity contribution is 5.79. The molecular weight excluding hydrogens is 212 g/mol. The number of anilines is 1. The summed E-state index contributed by atoms with van der Waals surface area (Å²) >= 11 is 0. The smallest absolute Gasteiger partial charge is 0.224 e. The third kappa shape index (κ3) is 3.48. The van der Waals surface area contributed by atoms with Gasteiger partial charge in [-0.15, -0.1) is 0 Å². The Morgan fingerprint density at radius 3 is 2.76 bits per heavy atom. The van der Waals surface area contributed by atoms with Gasteiger partial charge in [0, 0.05) is 11.7 Å². The third-order valence-corrected chi connectivity index (χ3v) is 3.27. The van der Waals surface area contributed by atoms with Crippen molar-refractivity contribution in [3.05, 3.63) is 29.8 Å². The van der Waals surface area contributed by atoms with Crippen LogP contribution in [0.2, 0.25) is 0 Å². The van der Waals surface area contributed by atoms with Crippen molar-refractivity contribution in [3.8, 4) is 0 Å². The number of carbonyl (C=O) groups excluding carboxylic acids is 1. The molecule has 0 radical (unpaired) electrons. The van der Waals surface area contributed by atoms with Crippen LogP contribution in [-0.4, -0.2) is 11.9 Å². The molecule has 0 bridgehead atoms. The quantitative estimate of drug-likeness (QED) is 0.764.